The second-order valence-electron chi connectivity index (χ2n) is 21.7. The van der Waals surface area contributed by atoms with Crippen LogP contribution in [0.3, 0.4) is 0 Å². The minimum atomic E-state index is -0.791. The minimum absolute atomic E-state index is 0.0847. The van der Waals surface area contributed by atoms with Crippen molar-refractivity contribution in [2.45, 2.75) is 335 Å². The first-order valence-electron chi connectivity index (χ1n) is 32.4. The molecule has 434 valence electrons. The fourth-order valence-electron chi connectivity index (χ4n) is 9.39. The summed E-state index contributed by atoms with van der Waals surface area (Å²) in [5.74, 6) is -0.910. The molecule has 0 saturated heterocycles. The van der Waals surface area contributed by atoms with Crippen LogP contribution in [0.2, 0.25) is 0 Å². The van der Waals surface area contributed by atoms with Gasteiger partial charge in [-0.3, -0.25) is 14.4 Å². The molecule has 0 aliphatic heterocycles. The Morgan fingerprint density at radius 3 is 0.813 bits per heavy atom. The number of unbranched alkanes of at least 4 members (excludes halogenated alkanes) is 36. The van der Waals surface area contributed by atoms with Crippen LogP contribution in [0, 0.1) is 0 Å². The Morgan fingerprint density at radius 2 is 0.520 bits per heavy atom. The van der Waals surface area contributed by atoms with Crippen LogP contribution in [0.25, 0.3) is 0 Å². The first kappa shape index (κ1) is 71.8. The van der Waals surface area contributed by atoms with E-state index >= 15 is 0 Å². The van der Waals surface area contributed by atoms with Gasteiger partial charge in [-0.15, -0.1) is 0 Å². The Hall–Kier alpha value is -3.15. The Morgan fingerprint density at radius 1 is 0.280 bits per heavy atom. The third-order valence-electron chi connectivity index (χ3n) is 14.2. The van der Waals surface area contributed by atoms with Crippen LogP contribution in [-0.4, -0.2) is 37.2 Å². The number of carbonyl (C=O) groups excluding carboxylic acids is 3. The minimum Gasteiger partial charge on any atom is -0.462 e. The lowest BCUT2D eigenvalue weighted by molar-refractivity contribution is -0.167. The third-order valence-corrected chi connectivity index (χ3v) is 14.2. The van der Waals surface area contributed by atoms with Crippen molar-refractivity contribution in [2.24, 2.45) is 0 Å². The summed E-state index contributed by atoms with van der Waals surface area (Å²) < 4.78 is 16.9. The molecule has 0 aromatic rings. The molecule has 0 rings (SSSR count). The zero-order valence-electron chi connectivity index (χ0n) is 49.8. The Balaban J connectivity index is 4.41. The standard InChI is InChI=1S/C69H122O6/c1-4-7-10-13-16-19-22-25-28-31-33-35-37-38-41-44-47-50-53-56-59-62-68(71)74-65-66(64-73-67(70)61-58-55-52-49-46-43-40-30-27-24-21-18-15-12-9-6-3)75-69(72)63-60-57-54-51-48-45-42-39-36-34-32-29-26-23-20-17-14-11-8-5-2/h7,10,16,19,25,28,33,35,38,41,47,50,66H,4-6,8-9,11-15,17-18,20-24,26-27,29-32,34,36-37,39-40,42-46,48-49,51-65H2,1-3H3/b10-7-,19-16-,28-25-,35-33-,41-38-,50-47-. The zero-order valence-corrected chi connectivity index (χ0v) is 49.8. The van der Waals surface area contributed by atoms with E-state index in [0.29, 0.717) is 19.3 Å². The summed E-state index contributed by atoms with van der Waals surface area (Å²) in [6.07, 6.45) is 81.9. The molecule has 0 aliphatic rings. The van der Waals surface area contributed by atoms with Crippen molar-refractivity contribution in [1.29, 1.82) is 0 Å². The fourth-order valence-corrected chi connectivity index (χ4v) is 9.39. The first-order chi connectivity index (χ1) is 37.0. The second kappa shape index (κ2) is 63.4. The highest BCUT2D eigenvalue weighted by atomic mass is 16.6. The van der Waals surface area contributed by atoms with Crippen LogP contribution in [0.4, 0.5) is 0 Å². The number of rotatable bonds is 59. The number of hydrogen-bond donors (Lipinski definition) is 0. The third kappa shape index (κ3) is 61.6. The van der Waals surface area contributed by atoms with Crippen molar-refractivity contribution in [3.63, 3.8) is 0 Å². The molecule has 0 N–H and O–H groups in total. The average molecular weight is 1050 g/mol. The number of allylic oxidation sites excluding steroid dienone is 12. The van der Waals surface area contributed by atoms with E-state index in [0.717, 1.165) is 96.3 Å². The molecule has 0 bridgehead atoms. The van der Waals surface area contributed by atoms with E-state index < -0.39 is 6.10 Å². The van der Waals surface area contributed by atoms with Gasteiger partial charge in [0.05, 0.1) is 0 Å². The maximum absolute atomic E-state index is 12.9. The van der Waals surface area contributed by atoms with Crippen molar-refractivity contribution in [1.82, 2.24) is 0 Å². The highest BCUT2D eigenvalue weighted by Crippen LogP contribution is 2.17. The van der Waals surface area contributed by atoms with Crippen LogP contribution in [0.15, 0.2) is 72.9 Å². The largest absolute Gasteiger partial charge is 0.462 e. The lowest BCUT2D eigenvalue weighted by atomic mass is 10.0. The van der Waals surface area contributed by atoms with E-state index in [1.54, 1.807) is 0 Å². The molecule has 1 atom stereocenters. The summed E-state index contributed by atoms with van der Waals surface area (Å²) in [5.41, 5.74) is 0. The summed E-state index contributed by atoms with van der Waals surface area (Å²) >= 11 is 0. The Bertz CT molecular complexity index is 1390. The van der Waals surface area contributed by atoms with Crippen molar-refractivity contribution < 1.29 is 28.6 Å². The van der Waals surface area contributed by atoms with Gasteiger partial charge < -0.3 is 14.2 Å². The number of carbonyl (C=O) groups is 3. The fraction of sp³-hybridized carbons (Fsp3) is 0.783. The van der Waals surface area contributed by atoms with Gasteiger partial charge in [-0.25, -0.2) is 0 Å². The zero-order chi connectivity index (χ0) is 54.3. The van der Waals surface area contributed by atoms with Gasteiger partial charge in [0.1, 0.15) is 13.2 Å². The van der Waals surface area contributed by atoms with E-state index in [2.05, 4.69) is 93.7 Å². The van der Waals surface area contributed by atoms with E-state index in [9.17, 15) is 14.4 Å². The average Bonchev–Trinajstić information content (AvgIpc) is 3.41. The molecule has 0 fully saturated rings. The van der Waals surface area contributed by atoms with E-state index in [4.69, 9.17) is 14.2 Å². The lowest BCUT2D eigenvalue weighted by Gasteiger charge is -2.18. The van der Waals surface area contributed by atoms with Gasteiger partial charge >= 0.3 is 17.9 Å². The normalized spacial score (nSPS) is 12.5. The highest BCUT2D eigenvalue weighted by molar-refractivity contribution is 5.71. The molecule has 0 aromatic heterocycles. The predicted octanol–water partition coefficient (Wildman–Crippen LogP) is 22.1. The molecule has 75 heavy (non-hydrogen) atoms. The van der Waals surface area contributed by atoms with Gasteiger partial charge in [0.15, 0.2) is 6.10 Å². The molecular weight excluding hydrogens is 925 g/mol. The molecule has 6 nitrogen and oxygen atoms in total. The van der Waals surface area contributed by atoms with Crippen LogP contribution in [0.5, 0.6) is 0 Å². The summed E-state index contributed by atoms with van der Waals surface area (Å²) in [6.45, 7) is 6.54. The molecular formula is C69H122O6. The molecule has 1 unspecified atom stereocenters. The van der Waals surface area contributed by atoms with Crippen LogP contribution < -0.4 is 0 Å². The Labute approximate surface area is 465 Å². The summed E-state index contributed by atoms with van der Waals surface area (Å²) in [6, 6.07) is 0. The predicted molar refractivity (Wildman–Crippen MR) is 325 cm³/mol. The summed E-state index contributed by atoms with van der Waals surface area (Å²) in [4.78, 5) is 38.3. The molecule has 0 spiro atoms. The maximum Gasteiger partial charge on any atom is 0.306 e. The van der Waals surface area contributed by atoms with Crippen molar-refractivity contribution in [3.05, 3.63) is 72.9 Å². The summed E-state index contributed by atoms with van der Waals surface area (Å²) in [5, 5.41) is 0. The van der Waals surface area contributed by atoms with Gasteiger partial charge in [-0.05, 0) is 70.6 Å². The molecule has 0 aromatic carbocycles. The van der Waals surface area contributed by atoms with Gasteiger partial charge in [0.25, 0.3) is 0 Å². The number of hydrogen-bond acceptors (Lipinski definition) is 6. The van der Waals surface area contributed by atoms with Crippen molar-refractivity contribution in [3.8, 4) is 0 Å². The molecule has 0 radical (unpaired) electrons. The quantitative estimate of drug-likeness (QED) is 0.0261. The van der Waals surface area contributed by atoms with E-state index in [-0.39, 0.29) is 31.1 Å². The SMILES string of the molecule is CC/C=C\C/C=C\C/C=C\C/C=C\C/C=C\C/C=C\CCCCC(=O)OCC(COC(=O)CCCCCCCCCCCCCCCCCC)OC(=O)CCCCCCCCCCCCCCCCCCCCCC. The van der Waals surface area contributed by atoms with Crippen LogP contribution in [0.1, 0.15) is 329 Å². The monoisotopic (exact) mass is 1050 g/mol. The molecule has 0 amide bonds. The lowest BCUT2D eigenvalue weighted by Crippen LogP contribution is -2.30. The van der Waals surface area contributed by atoms with Crippen LogP contribution in [-0.2, 0) is 28.6 Å². The molecule has 6 heteroatoms. The highest BCUT2D eigenvalue weighted by Gasteiger charge is 2.19. The van der Waals surface area contributed by atoms with E-state index in [1.807, 2.05) is 0 Å². The molecule has 0 saturated carbocycles. The number of esters is 3. The smallest absolute Gasteiger partial charge is 0.306 e. The van der Waals surface area contributed by atoms with Gasteiger partial charge in [0, 0.05) is 19.3 Å². The van der Waals surface area contributed by atoms with Gasteiger partial charge in [-0.2, -0.15) is 0 Å². The van der Waals surface area contributed by atoms with Gasteiger partial charge in [-0.1, -0.05) is 312 Å². The molecule has 0 aliphatic carbocycles. The van der Waals surface area contributed by atoms with Crippen molar-refractivity contribution >= 4 is 17.9 Å². The van der Waals surface area contributed by atoms with Crippen molar-refractivity contribution in [2.75, 3.05) is 13.2 Å². The first-order valence-corrected chi connectivity index (χ1v) is 32.4. The van der Waals surface area contributed by atoms with Gasteiger partial charge in [0.2, 0.25) is 0 Å². The van der Waals surface area contributed by atoms with E-state index in [1.165, 1.54) is 193 Å². The maximum atomic E-state index is 12.9. The van der Waals surface area contributed by atoms with Crippen LogP contribution >= 0.6 is 0 Å². The molecule has 0 heterocycles. The topological polar surface area (TPSA) is 78.9 Å². The number of ether oxygens (including phenoxy) is 3. The Kier molecular flexibility index (Phi) is 60.7. The summed E-state index contributed by atoms with van der Waals surface area (Å²) in [7, 11) is 0. The second-order valence-corrected chi connectivity index (χ2v) is 21.7.